The lowest BCUT2D eigenvalue weighted by atomic mass is 10.2. The quantitative estimate of drug-likeness (QED) is 0.665. The van der Waals surface area contributed by atoms with Crippen LogP contribution in [0.2, 0.25) is 5.02 Å². The number of rotatable bonds is 5. The molecule has 0 aromatic heterocycles. The van der Waals surface area contributed by atoms with Gasteiger partial charge in [0.15, 0.2) is 11.6 Å². The van der Waals surface area contributed by atoms with Gasteiger partial charge in [0.2, 0.25) is 0 Å². The van der Waals surface area contributed by atoms with Gasteiger partial charge in [0.25, 0.3) is 0 Å². The molecule has 96 valence electrons. The molecule has 4 nitrogen and oxygen atoms in total. The summed E-state index contributed by atoms with van der Waals surface area (Å²) in [5, 5.41) is 8.22. The highest BCUT2D eigenvalue weighted by Crippen LogP contribution is 2.28. The summed E-state index contributed by atoms with van der Waals surface area (Å²) < 4.78 is 0. The Morgan fingerprint density at radius 2 is 1.78 bits per heavy atom. The minimum atomic E-state index is -1.15. The van der Waals surface area contributed by atoms with Crippen molar-refractivity contribution in [1.29, 1.82) is 0 Å². The molecule has 0 aliphatic rings. The van der Waals surface area contributed by atoms with Crippen molar-refractivity contribution in [1.82, 2.24) is 0 Å². The van der Waals surface area contributed by atoms with Gasteiger partial charge in [0.1, 0.15) is 5.25 Å². The Bertz CT molecular complexity index is 499. The molecule has 18 heavy (non-hydrogen) atoms. The van der Waals surface area contributed by atoms with Gasteiger partial charge in [-0.1, -0.05) is 11.6 Å². The maximum absolute atomic E-state index is 11.3. The van der Waals surface area contributed by atoms with Crippen LogP contribution >= 0.6 is 23.4 Å². The van der Waals surface area contributed by atoms with E-state index in [4.69, 9.17) is 16.7 Å². The number of hydrogen-bond acceptors (Lipinski definition) is 4. The first-order valence-electron chi connectivity index (χ1n) is 5.03. The van der Waals surface area contributed by atoms with E-state index in [0.717, 1.165) is 11.8 Å². The first-order valence-corrected chi connectivity index (χ1v) is 6.29. The second kappa shape index (κ2) is 6.02. The maximum Gasteiger partial charge on any atom is 0.337 e. The fraction of sp³-hybridized carbons (Fsp3) is 0.250. The van der Waals surface area contributed by atoms with Gasteiger partial charge in [-0.2, -0.15) is 0 Å². The summed E-state index contributed by atoms with van der Waals surface area (Å²) in [7, 11) is 0. The van der Waals surface area contributed by atoms with Crippen molar-refractivity contribution in [3.63, 3.8) is 0 Å². The molecule has 0 saturated carbocycles. The van der Waals surface area contributed by atoms with Crippen LogP contribution in [0.25, 0.3) is 0 Å². The lowest BCUT2D eigenvalue weighted by Gasteiger charge is -2.10. The standard InChI is InChI=1S/C12H11ClO4S/c1-6(14)11(7(2)15)18-8-3-4-10(13)9(5-8)12(16)17/h3-5,11H,1-2H3,(H,16,17). The fourth-order valence-electron chi connectivity index (χ4n) is 1.33. The highest BCUT2D eigenvalue weighted by atomic mass is 35.5. The van der Waals surface area contributed by atoms with Gasteiger partial charge in [-0.15, -0.1) is 11.8 Å². The molecule has 0 saturated heterocycles. The highest BCUT2D eigenvalue weighted by molar-refractivity contribution is 8.01. The second-order valence-electron chi connectivity index (χ2n) is 3.67. The Hall–Kier alpha value is -1.33. The van der Waals surface area contributed by atoms with Crippen LogP contribution in [0, 0.1) is 0 Å². The number of hydrogen-bond donors (Lipinski definition) is 1. The van der Waals surface area contributed by atoms with E-state index in [1.807, 2.05) is 0 Å². The fourth-order valence-corrected chi connectivity index (χ4v) is 2.46. The topological polar surface area (TPSA) is 71.4 Å². The van der Waals surface area contributed by atoms with Gasteiger partial charge in [-0.05, 0) is 32.0 Å². The van der Waals surface area contributed by atoms with Crippen molar-refractivity contribution in [3.8, 4) is 0 Å². The van der Waals surface area contributed by atoms with Crippen molar-refractivity contribution >= 4 is 40.9 Å². The molecule has 0 spiro atoms. The summed E-state index contributed by atoms with van der Waals surface area (Å²) in [5.74, 6) is -1.68. The minimum absolute atomic E-state index is 0.0486. The van der Waals surface area contributed by atoms with Crippen LogP contribution in [0.5, 0.6) is 0 Å². The third kappa shape index (κ3) is 3.58. The lowest BCUT2D eigenvalue weighted by Crippen LogP contribution is -2.22. The number of carbonyl (C=O) groups is 3. The number of aromatic carboxylic acids is 1. The molecule has 0 unspecified atom stereocenters. The Morgan fingerprint density at radius 3 is 2.22 bits per heavy atom. The highest BCUT2D eigenvalue weighted by Gasteiger charge is 2.21. The number of carbonyl (C=O) groups excluding carboxylic acids is 2. The van der Waals surface area contributed by atoms with Crippen LogP contribution in [0.4, 0.5) is 0 Å². The van der Waals surface area contributed by atoms with Crippen molar-refractivity contribution in [3.05, 3.63) is 28.8 Å². The molecule has 0 aliphatic carbocycles. The first-order chi connectivity index (χ1) is 8.32. The molecule has 0 fully saturated rings. The number of carboxylic acids is 1. The van der Waals surface area contributed by atoms with Crippen LogP contribution in [-0.2, 0) is 9.59 Å². The Morgan fingerprint density at radius 1 is 1.22 bits per heavy atom. The lowest BCUT2D eigenvalue weighted by molar-refractivity contribution is -0.123. The zero-order chi connectivity index (χ0) is 13.9. The molecule has 0 radical (unpaired) electrons. The predicted octanol–water partition coefficient (Wildman–Crippen LogP) is 2.68. The third-order valence-corrected chi connectivity index (χ3v) is 3.92. The van der Waals surface area contributed by atoms with E-state index < -0.39 is 11.2 Å². The minimum Gasteiger partial charge on any atom is -0.478 e. The number of Topliss-reactive ketones (excluding diaryl/α,β-unsaturated/α-hetero) is 2. The summed E-state index contributed by atoms with van der Waals surface area (Å²) in [4.78, 5) is 34.0. The molecule has 0 atom stereocenters. The molecule has 0 heterocycles. The van der Waals surface area contributed by atoms with Gasteiger partial charge in [0.05, 0.1) is 10.6 Å². The summed E-state index contributed by atoms with van der Waals surface area (Å²) >= 11 is 6.75. The Labute approximate surface area is 113 Å². The van der Waals surface area contributed by atoms with E-state index in [1.54, 1.807) is 6.07 Å². The molecule has 0 bridgehead atoms. The second-order valence-corrected chi connectivity index (χ2v) is 5.25. The molecular weight excluding hydrogens is 276 g/mol. The molecule has 0 amide bonds. The summed E-state index contributed by atoms with van der Waals surface area (Å²) in [5.41, 5.74) is -0.0486. The number of halogens is 1. The van der Waals surface area contributed by atoms with Crippen molar-refractivity contribution in [2.24, 2.45) is 0 Å². The van der Waals surface area contributed by atoms with Gasteiger partial charge >= 0.3 is 5.97 Å². The van der Waals surface area contributed by atoms with Crippen LogP contribution in [-0.4, -0.2) is 27.9 Å². The maximum atomic E-state index is 11.3. The normalized spacial score (nSPS) is 10.4. The summed E-state index contributed by atoms with van der Waals surface area (Å²) in [6.45, 7) is 2.65. The molecule has 1 aromatic carbocycles. The summed E-state index contributed by atoms with van der Waals surface area (Å²) in [6, 6.07) is 4.37. The molecule has 1 N–H and O–H groups in total. The monoisotopic (exact) mass is 286 g/mol. The van der Waals surface area contributed by atoms with Crippen LogP contribution in [0.3, 0.4) is 0 Å². The van der Waals surface area contributed by atoms with Gasteiger partial charge < -0.3 is 5.11 Å². The van der Waals surface area contributed by atoms with E-state index in [-0.39, 0.29) is 22.2 Å². The summed E-state index contributed by atoms with van der Waals surface area (Å²) in [6.07, 6.45) is 0. The first kappa shape index (κ1) is 14.7. The van der Waals surface area contributed by atoms with Crippen molar-refractivity contribution in [2.75, 3.05) is 0 Å². The number of carboxylic acid groups (broad SMARTS) is 1. The van der Waals surface area contributed by atoms with Gasteiger partial charge in [-0.25, -0.2) is 4.79 Å². The largest absolute Gasteiger partial charge is 0.478 e. The SMILES string of the molecule is CC(=O)C(Sc1ccc(Cl)c(C(=O)O)c1)C(C)=O. The van der Waals surface area contributed by atoms with E-state index in [9.17, 15) is 14.4 Å². The zero-order valence-corrected chi connectivity index (χ0v) is 11.3. The van der Waals surface area contributed by atoms with Crippen LogP contribution < -0.4 is 0 Å². The van der Waals surface area contributed by atoms with Crippen molar-refractivity contribution < 1.29 is 19.5 Å². The van der Waals surface area contributed by atoms with Crippen LogP contribution in [0.1, 0.15) is 24.2 Å². The Kier molecular flexibility index (Phi) is 4.93. The number of thioether (sulfide) groups is 1. The van der Waals surface area contributed by atoms with E-state index in [0.29, 0.717) is 4.90 Å². The number of benzene rings is 1. The number of ketones is 2. The van der Waals surface area contributed by atoms with E-state index >= 15 is 0 Å². The average molecular weight is 287 g/mol. The van der Waals surface area contributed by atoms with E-state index in [1.165, 1.54) is 26.0 Å². The van der Waals surface area contributed by atoms with E-state index in [2.05, 4.69) is 0 Å². The average Bonchev–Trinajstić information content (AvgIpc) is 2.26. The van der Waals surface area contributed by atoms with Gasteiger partial charge in [-0.3, -0.25) is 9.59 Å². The molecule has 1 rings (SSSR count). The third-order valence-electron chi connectivity index (χ3n) is 2.16. The molecule has 1 aromatic rings. The molecule has 6 heteroatoms. The smallest absolute Gasteiger partial charge is 0.337 e. The molecule has 0 aliphatic heterocycles. The predicted molar refractivity (Wildman–Crippen MR) is 69.4 cm³/mol. The van der Waals surface area contributed by atoms with Gasteiger partial charge in [0, 0.05) is 4.90 Å². The van der Waals surface area contributed by atoms with Crippen LogP contribution in [0.15, 0.2) is 23.1 Å². The van der Waals surface area contributed by atoms with Crippen molar-refractivity contribution in [2.45, 2.75) is 24.0 Å². The Balaban J connectivity index is 3.04. The zero-order valence-electron chi connectivity index (χ0n) is 9.77. The molecular formula is C12H11ClO4S.